The van der Waals surface area contributed by atoms with Crippen molar-refractivity contribution >= 4 is 23.1 Å². The number of hydrogen-bond donors (Lipinski definition) is 0. The molecule has 4 nitrogen and oxygen atoms in total. The van der Waals surface area contributed by atoms with Crippen molar-refractivity contribution in [3.63, 3.8) is 0 Å². The maximum atomic E-state index is 11.9. The van der Waals surface area contributed by atoms with Crippen LogP contribution in [0.3, 0.4) is 0 Å². The zero-order valence-corrected chi connectivity index (χ0v) is 10.7. The normalized spacial score (nSPS) is 18.3. The molecule has 1 aromatic heterocycles. The lowest BCUT2D eigenvalue weighted by atomic mass is 9.88. The van der Waals surface area contributed by atoms with Crippen LogP contribution in [0, 0.1) is 5.92 Å². The molecule has 1 aromatic rings. The second kappa shape index (κ2) is 5.78. The summed E-state index contributed by atoms with van der Waals surface area (Å²) in [6.07, 6.45) is 9.62. The molecule has 5 heteroatoms. The van der Waals surface area contributed by atoms with Gasteiger partial charge in [0, 0.05) is 18.0 Å². The third kappa shape index (κ3) is 2.76. The molecule has 0 radical (unpaired) electrons. The molecule has 0 aromatic carbocycles. The van der Waals surface area contributed by atoms with E-state index in [4.69, 9.17) is 16.3 Å². The highest BCUT2D eigenvalue weighted by Crippen LogP contribution is 2.30. The number of esters is 1. The molecule has 0 saturated carbocycles. The SMILES string of the molecule is CCOC(=O)C1CC=CC=C1c1cnc(Cl)nc1. The molecule has 1 aliphatic rings. The Morgan fingerprint density at radius 3 is 2.89 bits per heavy atom. The Morgan fingerprint density at radius 2 is 2.22 bits per heavy atom. The number of nitrogens with zero attached hydrogens (tertiary/aromatic N) is 2. The van der Waals surface area contributed by atoms with E-state index in [2.05, 4.69) is 9.97 Å². The second-order valence-electron chi connectivity index (χ2n) is 3.83. The van der Waals surface area contributed by atoms with Gasteiger partial charge in [0.1, 0.15) is 0 Å². The molecule has 1 heterocycles. The third-order valence-electron chi connectivity index (χ3n) is 2.68. The van der Waals surface area contributed by atoms with E-state index in [0.29, 0.717) is 13.0 Å². The number of allylic oxidation sites excluding steroid dienone is 3. The van der Waals surface area contributed by atoms with Gasteiger partial charge in [0.2, 0.25) is 5.28 Å². The van der Waals surface area contributed by atoms with Crippen LogP contribution in [0.25, 0.3) is 5.57 Å². The summed E-state index contributed by atoms with van der Waals surface area (Å²) < 4.78 is 5.08. The molecule has 0 N–H and O–H groups in total. The van der Waals surface area contributed by atoms with E-state index >= 15 is 0 Å². The molecule has 0 amide bonds. The zero-order valence-electron chi connectivity index (χ0n) is 9.97. The van der Waals surface area contributed by atoms with Gasteiger partial charge in [-0.15, -0.1) is 0 Å². The lowest BCUT2D eigenvalue weighted by Gasteiger charge is -2.19. The predicted molar refractivity (Wildman–Crippen MR) is 68.9 cm³/mol. The Balaban J connectivity index is 2.27. The molecule has 0 aliphatic heterocycles. The van der Waals surface area contributed by atoms with Crippen LogP contribution in [0.2, 0.25) is 5.28 Å². The smallest absolute Gasteiger partial charge is 0.313 e. The summed E-state index contributed by atoms with van der Waals surface area (Å²) in [7, 11) is 0. The van der Waals surface area contributed by atoms with E-state index in [1.165, 1.54) is 0 Å². The van der Waals surface area contributed by atoms with Crippen LogP contribution in [0.5, 0.6) is 0 Å². The van der Waals surface area contributed by atoms with Crippen LogP contribution >= 0.6 is 11.6 Å². The zero-order chi connectivity index (χ0) is 13.0. The van der Waals surface area contributed by atoms with Crippen molar-refractivity contribution < 1.29 is 9.53 Å². The fourth-order valence-corrected chi connectivity index (χ4v) is 1.95. The van der Waals surface area contributed by atoms with E-state index in [0.717, 1.165) is 11.1 Å². The van der Waals surface area contributed by atoms with E-state index in [1.807, 2.05) is 18.2 Å². The van der Waals surface area contributed by atoms with Crippen LogP contribution in [0.15, 0.2) is 30.6 Å². The first-order valence-corrected chi connectivity index (χ1v) is 6.11. The van der Waals surface area contributed by atoms with Crippen molar-refractivity contribution in [1.29, 1.82) is 0 Å². The topological polar surface area (TPSA) is 52.1 Å². The number of aromatic nitrogens is 2. The van der Waals surface area contributed by atoms with Gasteiger partial charge in [0.15, 0.2) is 0 Å². The van der Waals surface area contributed by atoms with Crippen LogP contribution < -0.4 is 0 Å². The quantitative estimate of drug-likeness (QED) is 0.622. The van der Waals surface area contributed by atoms with E-state index < -0.39 is 0 Å². The van der Waals surface area contributed by atoms with Crippen molar-refractivity contribution in [1.82, 2.24) is 9.97 Å². The second-order valence-corrected chi connectivity index (χ2v) is 4.17. The fraction of sp³-hybridized carbons (Fsp3) is 0.308. The molecular formula is C13H13ClN2O2. The average Bonchev–Trinajstić information content (AvgIpc) is 2.40. The van der Waals surface area contributed by atoms with E-state index in [1.54, 1.807) is 19.3 Å². The minimum Gasteiger partial charge on any atom is -0.466 e. The van der Waals surface area contributed by atoms with Gasteiger partial charge in [-0.1, -0.05) is 18.2 Å². The molecule has 0 fully saturated rings. The molecule has 1 aliphatic carbocycles. The maximum absolute atomic E-state index is 11.9. The van der Waals surface area contributed by atoms with Gasteiger partial charge in [0.25, 0.3) is 0 Å². The molecule has 0 spiro atoms. The van der Waals surface area contributed by atoms with E-state index in [-0.39, 0.29) is 17.2 Å². The van der Waals surface area contributed by atoms with Gasteiger partial charge in [0.05, 0.1) is 12.5 Å². The average molecular weight is 265 g/mol. The number of carbonyl (C=O) groups is 1. The van der Waals surface area contributed by atoms with Crippen molar-refractivity contribution in [2.75, 3.05) is 6.61 Å². The lowest BCUT2D eigenvalue weighted by Crippen LogP contribution is -2.20. The van der Waals surface area contributed by atoms with E-state index in [9.17, 15) is 4.79 Å². The Hall–Kier alpha value is -1.68. The van der Waals surface area contributed by atoms with Crippen LogP contribution in [0.1, 0.15) is 18.9 Å². The molecule has 94 valence electrons. The number of rotatable bonds is 3. The monoisotopic (exact) mass is 264 g/mol. The highest BCUT2D eigenvalue weighted by molar-refractivity contribution is 6.28. The lowest BCUT2D eigenvalue weighted by molar-refractivity contribution is -0.145. The van der Waals surface area contributed by atoms with Crippen LogP contribution in [-0.4, -0.2) is 22.5 Å². The van der Waals surface area contributed by atoms with Crippen LogP contribution in [0.4, 0.5) is 0 Å². The number of ether oxygens (including phenoxy) is 1. The largest absolute Gasteiger partial charge is 0.466 e. The maximum Gasteiger partial charge on any atom is 0.313 e. The molecule has 1 unspecified atom stereocenters. The standard InChI is InChI=1S/C13H13ClN2O2/c1-2-18-12(17)11-6-4-3-5-10(11)9-7-15-13(14)16-8-9/h3-5,7-8,11H,2,6H2,1H3. The summed E-state index contributed by atoms with van der Waals surface area (Å²) in [6, 6.07) is 0. The van der Waals surface area contributed by atoms with Gasteiger partial charge in [-0.25, -0.2) is 9.97 Å². The first-order valence-electron chi connectivity index (χ1n) is 5.73. The van der Waals surface area contributed by atoms with Crippen molar-refractivity contribution in [3.05, 3.63) is 41.5 Å². The van der Waals surface area contributed by atoms with Crippen molar-refractivity contribution in [2.45, 2.75) is 13.3 Å². The predicted octanol–water partition coefficient (Wildman–Crippen LogP) is 2.65. The van der Waals surface area contributed by atoms with Crippen molar-refractivity contribution in [2.24, 2.45) is 5.92 Å². The Morgan fingerprint density at radius 1 is 1.50 bits per heavy atom. The number of carbonyl (C=O) groups excluding carboxylic acids is 1. The summed E-state index contributed by atoms with van der Waals surface area (Å²) >= 11 is 5.65. The first-order chi connectivity index (χ1) is 8.72. The highest BCUT2D eigenvalue weighted by atomic mass is 35.5. The third-order valence-corrected chi connectivity index (χ3v) is 2.88. The number of halogens is 1. The molecule has 18 heavy (non-hydrogen) atoms. The van der Waals surface area contributed by atoms with Gasteiger partial charge >= 0.3 is 5.97 Å². The summed E-state index contributed by atoms with van der Waals surface area (Å²) in [6.45, 7) is 2.18. The van der Waals surface area contributed by atoms with Gasteiger partial charge in [-0.05, 0) is 30.5 Å². The molecule has 0 saturated heterocycles. The molecule has 0 bridgehead atoms. The number of hydrogen-bond acceptors (Lipinski definition) is 4. The van der Waals surface area contributed by atoms with Gasteiger partial charge in [-0.3, -0.25) is 4.79 Å². The van der Waals surface area contributed by atoms with Gasteiger partial charge < -0.3 is 4.74 Å². The minimum atomic E-state index is -0.292. The van der Waals surface area contributed by atoms with Gasteiger partial charge in [-0.2, -0.15) is 0 Å². The molecule has 2 rings (SSSR count). The molecule has 1 atom stereocenters. The Kier molecular flexibility index (Phi) is 4.10. The summed E-state index contributed by atoms with van der Waals surface area (Å²) in [5.41, 5.74) is 1.66. The van der Waals surface area contributed by atoms with Crippen LogP contribution in [-0.2, 0) is 9.53 Å². The van der Waals surface area contributed by atoms with Crippen molar-refractivity contribution in [3.8, 4) is 0 Å². The minimum absolute atomic E-state index is 0.193. The fourth-order valence-electron chi connectivity index (χ4n) is 1.85. The summed E-state index contributed by atoms with van der Waals surface area (Å²) in [4.78, 5) is 19.7. The molecular weight excluding hydrogens is 252 g/mol. The highest BCUT2D eigenvalue weighted by Gasteiger charge is 2.25. The Bertz CT molecular complexity index is 494. The first kappa shape index (κ1) is 12.8. The summed E-state index contributed by atoms with van der Waals surface area (Å²) in [5, 5.41) is 0.193. The Labute approximate surface area is 110 Å². The summed E-state index contributed by atoms with van der Waals surface area (Å²) in [5.74, 6) is -0.511.